The van der Waals surface area contributed by atoms with Crippen LogP contribution in [-0.4, -0.2) is 35.3 Å². The molecule has 0 aliphatic heterocycles. The molecule has 0 bridgehead atoms. The number of aliphatic hydroxyl groups is 1. The molecule has 4 fully saturated rings. The maximum atomic E-state index is 11.6. The van der Waals surface area contributed by atoms with Crippen LogP contribution >= 0.6 is 0 Å². The molecule has 0 aromatic rings. The Bertz CT molecular complexity index is 821. The molecule has 2 N–H and O–H groups in total. The lowest BCUT2D eigenvalue weighted by atomic mass is 9.42. The van der Waals surface area contributed by atoms with Crippen LogP contribution in [0.15, 0.2) is 5.16 Å². The van der Waals surface area contributed by atoms with Gasteiger partial charge in [0.2, 0.25) is 0 Å². The quantitative estimate of drug-likeness (QED) is 0.199. The van der Waals surface area contributed by atoms with Gasteiger partial charge in [-0.3, -0.25) is 0 Å². The number of aliphatic hydroxyl groups excluding tert-OH is 1. The molecule has 204 valence electrons. The fourth-order valence-corrected chi connectivity index (χ4v) is 10.2. The minimum absolute atomic E-state index is 0.0203. The van der Waals surface area contributed by atoms with Crippen LogP contribution in [0.4, 0.5) is 0 Å². The predicted octanol–water partition coefficient (Wildman–Crippen LogP) is 7.21. The summed E-state index contributed by atoms with van der Waals surface area (Å²) in [4.78, 5) is 0. The minimum atomic E-state index is -0.300. The van der Waals surface area contributed by atoms with Crippen LogP contribution in [0.5, 0.6) is 0 Å². The number of hydrogen-bond acceptors (Lipinski definition) is 5. The van der Waals surface area contributed by atoms with E-state index in [0.717, 1.165) is 49.9 Å². The van der Waals surface area contributed by atoms with Crippen molar-refractivity contribution in [2.45, 2.75) is 123 Å². The van der Waals surface area contributed by atoms with Gasteiger partial charge in [-0.1, -0.05) is 52.1 Å². The summed E-state index contributed by atoms with van der Waals surface area (Å²) in [5.74, 6) is 4.45. The van der Waals surface area contributed by atoms with E-state index in [2.05, 4.69) is 38.9 Å². The molecule has 10 atom stereocenters. The zero-order chi connectivity index (χ0) is 26.1. The van der Waals surface area contributed by atoms with Crippen molar-refractivity contribution in [1.82, 2.24) is 0 Å². The van der Waals surface area contributed by atoms with E-state index in [1.54, 1.807) is 7.11 Å². The van der Waals surface area contributed by atoms with Crippen LogP contribution in [0, 0.1) is 63.6 Å². The number of ether oxygens (including phenoxy) is 1. The zero-order valence-electron chi connectivity index (χ0n) is 23.6. The third kappa shape index (κ3) is 4.98. The first-order valence-electron chi connectivity index (χ1n) is 15.0. The fraction of sp³-hybridized carbons (Fsp3) is 0.935. The van der Waals surface area contributed by atoms with Gasteiger partial charge in [-0.05, 0) is 110 Å². The standard InChI is InChI=1S/C31H52N2O3/c1-20(2)7-6-8-21(3)25-9-10-26-24-18-29(34)28-17-23(36-5)12-16-31(28,15-11-22(19-32)33-35)27(24)13-14-30(25,26)4/h20-21,23-29,34-35H,6-18H2,1-5H3/b33-22+/t21-,23+,24+,25-,26+,27+,28?,29-,30-,31-/m1/s1. The van der Waals surface area contributed by atoms with Crippen LogP contribution in [0.25, 0.3) is 0 Å². The van der Waals surface area contributed by atoms with E-state index >= 15 is 0 Å². The second-order valence-electron chi connectivity index (χ2n) is 13.8. The molecule has 4 aliphatic carbocycles. The van der Waals surface area contributed by atoms with Gasteiger partial charge in [0.15, 0.2) is 5.71 Å². The molecular weight excluding hydrogens is 448 g/mol. The SMILES string of the molecule is CO[C@H]1CC[C@@]2(CC/C(C#N)=N\O)C(C1)[C@H](O)C[C@@H]1[C@@H]2CC[C@]2(C)[C@@H]([C@H](C)CCCC(C)C)CC[C@@H]12. The first-order chi connectivity index (χ1) is 17.2. The lowest BCUT2D eigenvalue weighted by Gasteiger charge is -2.63. The number of methoxy groups -OCH3 is 1. The van der Waals surface area contributed by atoms with Gasteiger partial charge in [-0.2, -0.15) is 5.26 Å². The Morgan fingerprint density at radius 3 is 2.50 bits per heavy atom. The summed E-state index contributed by atoms with van der Waals surface area (Å²) in [6.45, 7) is 9.79. The van der Waals surface area contributed by atoms with E-state index in [0.29, 0.717) is 29.6 Å². The van der Waals surface area contributed by atoms with E-state index in [1.807, 2.05) is 0 Å². The van der Waals surface area contributed by atoms with E-state index in [4.69, 9.17) is 4.74 Å². The van der Waals surface area contributed by atoms with Gasteiger partial charge in [0.25, 0.3) is 0 Å². The highest BCUT2D eigenvalue weighted by atomic mass is 16.5. The van der Waals surface area contributed by atoms with Crippen LogP contribution in [-0.2, 0) is 4.74 Å². The number of rotatable bonds is 9. The van der Waals surface area contributed by atoms with Crippen molar-refractivity contribution in [3.8, 4) is 6.07 Å². The lowest BCUT2D eigenvalue weighted by molar-refractivity contribution is -0.184. The molecule has 0 amide bonds. The second kappa shape index (κ2) is 11.3. The molecule has 0 saturated heterocycles. The summed E-state index contributed by atoms with van der Waals surface area (Å²) in [5, 5.41) is 33.7. The fourth-order valence-electron chi connectivity index (χ4n) is 10.2. The Balaban J connectivity index is 1.57. The molecule has 4 aliphatic rings. The maximum absolute atomic E-state index is 11.6. The van der Waals surface area contributed by atoms with Gasteiger partial charge in [0.1, 0.15) is 6.07 Å². The van der Waals surface area contributed by atoms with Crippen molar-refractivity contribution in [2.75, 3.05) is 7.11 Å². The lowest BCUT2D eigenvalue weighted by Crippen LogP contribution is -2.59. The number of oxime groups is 1. The molecule has 4 rings (SSSR count). The smallest absolute Gasteiger partial charge is 0.156 e. The van der Waals surface area contributed by atoms with Crippen LogP contribution in [0.1, 0.15) is 111 Å². The van der Waals surface area contributed by atoms with Gasteiger partial charge in [-0.15, -0.1) is 0 Å². The average Bonchev–Trinajstić information content (AvgIpc) is 3.22. The molecule has 0 aromatic carbocycles. The normalized spacial score (nSPS) is 43.4. The highest BCUT2D eigenvalue weighted by molar-refractivity contribution is 5.97. The highest BCUT2D eigenvalue weighted by Gasteiger charge is 2.63. The molecule has 1 unspecified atom stereocenters. The molecule has 4 saturated carbocycles. The number of nitriles is 1. The van der Waals surface area contributed by atoms with E-state index in [-0.39, 0.29) is 29.3 Å². The zero-order valence-corrected chi connectivity index (χ0v) is 23.6. The molecule has 36 heavy (non-hydrogen) atoms. The van der Waals surface area contributed by atoms with Gasteiger partial charge in [0.05, 0.1) is 12.2 Å². The van der Waals surface area contributed by atoms with Gasteiger partial charge < -0.3 is 15.1 Å². The molecule has 5 heteroatoms. The van der Waals surface area contributed by atoms with E-state index in [9.17, 15) is 15.6 Å². The summed E-state index contributed by atoms with van der Waals surface area (Å²) < 4.78 is 5.78. The maximum Gasteiger partial charge on any atom is 0.156 e. The van der Waals surface area contributed by atoms with Crippen LogP contribution in [0.2, 0.25) is 0 Å². The van der Waals surface area contributed by atoms with Crippen molar-refractivity contribution in [3.63, 3.8) is 0 Å². The molecule has 5 nitrogen and oxygen atoms in total. The van der Waals surface area contributed by atoms with Crippen molar-refractivity contribution in [2.24, 2.45) is 57.4 Å². The Labute approximate surface area is 220 Å². The Hall–Kier alpha value is -1.12. The molecular formula is C31H52N2O3. The third-order valence-electron chi connectivity index (χ3n) is 12.0. The summed E-state index contributed by atoms with van der Waals surface area (Å²) in [7, 11) is 1.80. The van der Waals surface area contributed by atoms with E-state index < -0.39 is 0 Å². The van der Waals surface area contributed by atoms with Crippen molar-refractivity contribution >= 4 is 5.71 Å². The number of fused-ring (bicyclic) bond motifs is 5. The Morgan fingerprint density at radius 1 is 1.06 bits per heavy atom. The van der Waals surface area contributed by atoms with Gasteiger partial charge in [-0.25, -0.2) is 0 Å². The van der Waals surface area contributed by atoms with E-state index in [1.165, 1.54) is 44.9 Å². The van der Waals surface area contributed by atoms with Crippen LogP contribution in [0.3, 0.4) is 0 Å². The minimum Gasteiger partial charge on any atom is -0.410 e. The topological polar surface area (TPSA) is 85.8 Å². The Morgan fingerprint density at radius 2 is 1.83 bits per heavy atom. The number of nitrogens with zero attached hydrogens (tertiary/aromatic N) is 2. The predicted molar refractivity (Wildman–Crippen MR) is 144 cm³/mol. The summed E-state index contributed by atoms with van der Waals surface area (Å²) in [6, 6.07) is 2.08. The first-order valence-corrected chi connectivity index (χ1v) is 15.0. The van der Waals surface area contributed by atoms with Crippen LogP contribution < -0.4 is 0 Å². The molecule has 0 spiro atoms. The van der Waals surface area contributed by atoms with Crippen molar-refractivity contribution in [3.05, 3.63) is 0 Å². The largest absolute Gasteiger partial charge is 0.410 e. The van der Waals surface area contributed by atoms with Gasteiger partial charge in [0, 0.05) is 13.5 Å². The summed E-state index contributed by atoms with van der Waals surface area (Å²) in [6.07, 6.45) is 14.4. The van der Waals surface area contributed by atoms with Crippen molar-refractivity contribution < 1.29 is 15.1 Å². The first kappa shape index (κ1) is 27.9. The molecule has 0 aromatic heterocycles. The monoisotopic (exact) mass is 500 g/mol. The number of hydrogen-bond donors (Lipinski definition) is 2. The van der Waals surface area contributed by atoms with Crippen molar-refractivity contribution in [1.29, 1.82) is 5.26 Å². The third-order valence-corrected chi connectivity index (χ3v) is 12.0. The average molecular weight is 501 g/mol. The summed E-state index contributed by atoms with van der Waals surface area (Å²) in [5.41, 5.74) is 0.637. The molecule has 0 heterocycles. The highest BCUT2D eigenvalue weighted by Crippen LogP contribution is 2.69. The Kier molecular flexibility index (Phi) is 8.77. The molecule has 0 radical (unpaired) electrons. The second-order valence-corrected chi connectivity index (χ2v) is 13.8. The summed E-state index contributed by atoms with van der Waals surface area (Å²) >= 11 is 0. The van der Waals surface area contributed by atoms with Gasteiger partial charge >= 0.3 is 0 Å².